The van der Waals surface area contributed by atoms with Gasteiger partial charge in [0.15, 0.2) is 0 Å². The molecule has 0 saturated heterocycles. The molecule has 104 valence electrons. The molecule has 0 aromatic heterocycles. The molecule has 0 saturated carbocycles. The third-order valence-corrected chi connectivity index (χ3v) is 2.84. The SMILES string of the molecule is Nc1c(F)ccc(Nc2cc(Cl)ccc2F)c1C(=O)O. The highest BCUT2D eigenvalue weighted by Crippen LogP contribution is 2.30. The summed E-state index contributed by atoms with van der Waals surface area (Å²) >= 11 is 5.73. The first-order chi connectivity index (χ1) is 9.40. The maximum Gasteiger partial charge on any atom is 0.340 e. The molecule has 2 aromatic carbocycles. The number of anilines is 3. The summed E-state index contributed by atoms with van der Waals surface area (Å²) in [7, 11) is 0. The maximum absolute atomic E-state index is 13.6. The second-order valence-corrected chi connectivity index (χ2v) is 4.37. The van der Waals surface area contributed by atoms with Crippen molar-refractivity contribution in [2.24, 2.45) is 0 Å². The van der Waals surface area contributed by atoms with Gasteiger partial charge in [-0.1, -0.05) is 11.6 Å². The van der Waals surface area contributed by atoms with Crippen LogP contribution in [0.2, 0.25) is 5.02 Å². The van der Waals surface area contributed by atoms with E-state index in [-0.39, 0.29) is 16.4 Å². The van der Waals surface area contributed by atoms with Gasteiger partial charge in [-0.2, -0.15) is 0 Å². The summed E-state index contributed by atoms with van der Waals surface area (Å²) in [6.45, 7) is 0. The maximum atomic E-state index is 13.6. The fourth-order valence-electron chi connectivity index (χ4n) is 1.67. The zero-order valence-electron chi connectivity index (χ0n) is 9.95. The average molecular weight is 299 g/mol. The van der Waals surface area contributed by atoms with E-state index in [0.717, 1.165) is 18.2 Å². The number of hydrogen-bond acceptors (Lipinski definition) is 3. The van der Waals surface area contributed by atoms with Crippen molar-refractivity contribution in [1.29, 1.82) is 0 Å². The van der Waals surface area contributed by atoms with Crippen molar-refractivity contribution in [3.63, 3.8) is 0 Å². The second-order valence-electron chi connectivity index (χ2n) is 3.94. The zero-order valence-corrected chi connectivity index (χ0v) is 10.7. The highest BCUT2D eigenvalue weighted by molar-refractivity contribution is 6.30. The van der Waals surface area contributed by atoms with E-state index in [9.17, 15) is 13.6 Å². The number of nitrogen functional groups attached to an aromatic ring is 1. The van der Waals surface area contributed by atoms with E-state index in [1.807, 2.05) is 0 Å². The Kier molecular flexibility index (Phi) is 3.76. The molecule has 0 unspecified atom stereocenters. The van der Waals surface area contributed by atoms with Crippen molar-refractivity contribution in [2.75, 3.05) is 11.1 Å². The first-order valence-electron chi connectivity index (χ1n) is 5.43. The van der Waals surface area contributed by atoms with Crippen molar-refractivity contribution in [3.8, 4) is 0 Å². The lowest BCUT2D eigenvalue weighted by atomic mass is 10.1. The first kappa shape index (κ1) is 14.1. The van der Waals surface area contributed by atoms with Crippen molar-refractivity contribution in [2.45, 2.75) is 0 Å². The Morgan fingerprint density at radius 3 is 2.45 bits per heavy atom. The number of hydrogen-bond donors (Lipinski definition) is 3. The van der Waals surface area contributed by atoms with Gasteiger partial charge in [0.25, 0.3) is 0 Å². The average Bonchev–Trinajstić information content (AvgIpc) is 2.38. The number of nitrogens with two attached hydrogens (primary N) is 1. The van der Waals surface area contributed by atoms with Crippen LogP contribution in [0.5, 0.6) is 0 Å². The molecule has 0 aliphatic carbocycles. The molecule has 0 aliphatic heterocycles. The van der Waals surface area contributed by atoms with Gasteiger partial charge < -0.3 is 16.2 Å². The second kappa shape index (κ2) is 5.34. The van der Waals surface area contributed by atoms with Gasteiger partial charge in [0.2, 0.25) is 0 Å². The molecule has 20 heavy (non-hydrogen) atoms. The summed E-state index contributed by atoms with van der Waals surface area (Å²) < 4.78 is 26.9. The molecule has 0 atom stereocenters. The standard InChI is InChI=1S/C13H9ClF2N2O2/c14-6-1-2-7(15)10(5-6)18-9-4-3-8(16)12(17)11(9)13(19)20/h1-5,18H,17H2,(H,19,20). The Balaban J connectivity index is 2.51. The molecule has 0 spiro atoms. The molecule has 0 fully saturated rings. The van der Waals surface area contributed by atoms with Crippen LogP contribution in [-0.4, -0.2) is 11.1 Å². The summed E-state index contributed by atoms with van der Waals surface area (Å²) in [5.41, 5.74) is 4.33. The quantitative estimate of drug-likeness (QED) is 0.756. The molecule has 0 amide bonds. The molecule has 7 heteroatoms. The molecule has 0 aliphatic rings. The third kappa shape index (κ3) is 2.65. The molecule has 2 aromatic rings. The molecular formula is C13H9ClF2N2O2. The summed E-state index contributed by atoms with van der Waals surface area (Å²) in [5.74, 6) is -2.92. The molecule has 2 rings (SSSR count). The van der Waals surface area contributed by atoms with E-state index in [1.54, 1.807) is 0 Å². The number of carboxylic acids is 1. The fourth-order valence-corrected chi connectivity index (χ4v) is 1.84. The summed E-state index contributed by atoms with van der Waals surface area (Å²) in [5, 5.41) is 11.9. The van der Waals surface area contributed by atoms with Gasteiger partial charge in [-0.15, -0.1) is 0 Å². The van der Waals surface area contributed by atoms with Gasteiger partial charge in [-0.05, 0) is 30.3 Å². The van der Waals surface area contributed by atoms with Crippen molar-refractivity contribution >= 4 is 34.6 Å². The lowest BCUT2D eigenvalue weighted by Gasteiger charge is -2.13. The highest BCUT2D eigenvalue weighted by atomic mass is 35.5. The summed E-state index contributed by atoms with van der Waals surface area (Å²) in [6, 6.07) is 5.90. The van der Waals surface area contributed by atoms with Crippen LogP contribution < -0.4 is 11.1 Å². The smallest absolute Gasteiger partial charge is 0.340 e. The van der Waals surface area contributed by atoms with E-state index in [2.05, 4.69) is 5.32 Å². The Hall–Kier alpha value is -2.34. The molecule has 0 heterocycles. The zero-order chi connectivity index (χ0) is 14.9. The predicted octanol–water partition coefficient (Wildman–Crippen LogP) is 3.64. The number of halogens is 3. The van der Waals surface area contributed by atoms with E-state index in [4.69, 9.17) is 22.4 Å². The Morgan fingerprint density at radius 2 is 1.80 bits per heavy atom. The van der Waals surface area contributed by atoms with Crippen LogP contribution in [0.15, 0.2) is 30.3 Å². The number of aromatic carboxylic acids is 1. The Labute approximate surface area is 117 Å². The van der Waals surface area contributed by atoms with Gasteiger partial charge in [-0.25, -0.2) is 13.6 Å². The number of nitrogens with one attached hydrogen (secondary N) is 1. The lowest BCUT2D eigenvalue weighted by molar-refractivity contribution is 0.0698. The van der Waals surface area contributed by atoms with E-state index in [0.29, 0.717) is 0 Å². The number of rotatable bonds is 3. The van der Waals surface area contributed by atoms with Crippen molar-refractivity contribution in [1.82, 2.24) is 0 Å². The van der Waals surface area contributed by atoms with Gasteiger partial charge in [-0.3, -0.25) is 0 Å². The Morgan fingerprint density at radius 1 is 1.15 bits per heavy atom. The van der Waals surface area contributed by atoms with Crippen LogP contribution in [0.4, 0.5) is 25.8 Å². The minimum atomic E-state index is -1.42. The van der Waals surface area contributed by atoms with Crippen molar-refractivity contribution in [3.05, 3.63) is 52.6 Å². The summed E-state index contributed by atoms with van der Waals surface area (Å²) in [4.78, 5) is 11.1. The Bertz CT molecular complexity index is 692. The normalized spacial score (nSPS) is 10.3. The first-order valence-corrected chi connectivity index (χ1v) is 5.81. The van der Waals surface area contributed by atoms with Crippen LogP contribution >= 0.6 is 11.6 Å². The molecular weight excluding hydrogens is 290 g/mol. The van der Waals surface area contributed by atoms with Crippen LogP contribution in [0.3, 0.4) is 0 Å². The van der Waals surface area contributed by atoms with Crippen LogP contribution in [-0.2, 0) is 0 Å². The van der Waals surface area contributed by atoms with Crippen LogP contribution in [0.25, 0.3) is 0 Å². The monoisotopic (exact) mass is 298 g/mol. The number of carboxylic acid groups (broad SMARTS) is 1. The van der Waals surface area contributed by atoms with E-state index < -0.39 is 28.9 Å². The molecule has 0 radical (unpaired) electrons. The fraction of sp³-hybridized carbons (Fsp3) is 0. The van der Waals surface area contributed by atoms with Gasteiger partial charge in [0, 0.05) is 5.02 Å². The van der Waals surface area contributed by atoms with Gasteiger partial charge >= 0.3 is 5.97 Å². The molecule has 4 N–H and O–H groups in total. The van der Waals surface area contributed by atoms with Crippen LogP contribution in [0.1, 0.15) is 10.4 Å². The predicted molar refractivity (Wildman–Crippen MR) is 72.5 cm³/mol. The highest BCUT2D eigenvalue weighted by Gasteiger charge is 2.18. The minimum absolute atomic E-state index is 0.0300. The van der Waals surface area contributed by atoms with Gasteiger partial charge in [0.1, 0.15) is 17.2 Å². The van der Waals surface area contributed by atoms with Gasteiger partial charge in [0.05, 0.1) is 17.1 Å². The summed E-state index contributed by atoms with van der Waals surface area (Å²) in [6.07, 6.45) is 0. The number of benzene rings is 2. The van der Waals surface area contributed by atoms with E-state index >= 15 is 0 Å². The number of carbonyl (C=O) groups is 1. The van der Waals surface area contributed by atoms with Crippen molar-refractivity contribution < 1.29 is 18.7 Å². The molecule has 4 nitrogen and oxygen atoms in total. The third-order valence-electron chi connectivity index (χ3n) is 2.60. The van der Waals surface area contributed by atoms with Crippen LogP contribution in [0, 0.1) is 11.6 Å². The minimum Gasteiger partial charge on any atom is -0.478 e. The van der Waals surface area contributed by atoms with E-state index in [1.165, 1.54) is 12.1 Å². The molecule has 0 bridgehead atoms. The largest absolute Gasteiger partial charge is 0.478 e. The topological polar surface area (TPSA) is 75.3 Å². The lowest BCUT2D eigenvalue weighted by Crippen LogP contribution is -2.09.